The molecular formula is C21H19N3O2. The minimum atomic E-state index is 0.0736. The Morgan fingerprint density at radius 2 is 1.96 bits per heavy atom. The fourth-order valence-corrected chi connectivity index (χ4v) is 2.84. The summed E-state index contributed by atoms with van der Waals surface area (Å²) in [6.07, 6.45) is 5.19. The largest absolute Gasteiger partial charge is 0.504 e. The number of hydrogen-bond donors (Lipinski definition) is 2. The van der Waals surface area contributed by atoms with Crippen LogP contribution < -0.4 is 5.32 Å². The van der Waals surface area contributed by atoms with Crippen LogP contribution >= 0.6 is 0 Å². The molecule has 0 atom stereocenters. The minimum absolute atomic E-state index is 0.0736. The minimum Gasteiger partial charge on any atom is -0.504 e. The van der Waals surface area contributed by atoms with Crippen molar-refractivity contribution in [3.05, 3.63) is 65.5 Å². The second-order valence-corrected chi connectivity index (χ2v) is 6.49. The molecule has 1 aliphatic heterocycles. The van der Waals surface area contributed by atoms with E-state index >= 15 is 0 Å². The van der Waals surface area contributed by atoms with E-state index in [-0.39, 0.29) is 5.75 Å². The molecule has 130 valence electrons. The van der Waals surface area contributed by atoms with Crippen LogP contribution in [-0.2, 0) is 0 Å². The number of pyridine rings is 1. The number of aromatic hydroxyl groups is 1. The molecule has 3 heterocycles. The lowest BCUT2D eigenvalue weighted by Crippen LogP contribution is -1.90. The predicted octanol–water partition coefficient (Wildman–Crippen LogP) is 5.50. The maximum atomic E-state index is 10.2. The first kappa shape index (κ1) is 16.1. The first-order chi connectivity index (χ1) is 12.6. The number of nitrogens with one attached hydrogen (secondary N) is 1. The summed E-state index contributed by atoms with van der Waals surface area (Å²) < 4.78 is 5.75. The van der Waals surface area contributed by atoms with Gasteiger partial charge in [0.05, 0.1) is 0 Å². The smallest absolute Gasteiger partial charge is 0.201 e. The van der Waals surface area contributed by atoms with Crippen molar-refractivity contribution in [1.82, 2.24) is 4.98 Å². The van der Waals surface area contributed by atoms with Crippen molar-refractivity contribution in [2.45, 2.75) is 19.8 Å². The number of rotatable bonds is 4. The standard InChI is InChI=1S/C21H19N3O2/c1-13(2)14-5-7-16(8-6-14)24-20-11-18(25)19(26-20)10-15-12-23-21-17(15)4-3-9-22-21/h3-13,24-25H,1-2H3. The first-order valence-corrected chi connectivity index (χ1v) is 8.51. The fourth-order valence-electron chi connectivity index (χ4n) is 2.84. The number of benzene rings is 1. The normalized spacial score (nSPS) is 14.2. The van der Waals surface area contributed by atoms with E-state index < -0.39 is 0 Å². The quantitative estimate of drug-likeness (QED) is 0.654. The van der Waals surface area contributed by atoms with Crippen LogP contribution in [0, 0.1) is 0 Å². The molecule has 26 heavy (non-hydrogen) atoms. The van der Waals surface area contributed by atoms with Crippen LogP contribution in [0.1, 0.15) is 36.7 Å². The molecule has 1 aromatic carbocycles. The Labute approximate surface area is 151 Å². The third-order valence-electron chi connectivity index (χ3n) is 4.30. The van der Waals surface area contributed by atoms with Crippen LogP contribution in [0.15, 0.2) is 58.1 Å². The average Bonchev–Trinajstić information content (AvgIpc) is 3.20. The molecule has 5 nitrogen and oxygen atoms in total. The summed E-state index contributed by atoms with van der Waals surface area (Å²) in [6, 6.07) is 13.5. The van der Waals surface area contributed by atoms with Gasteiger partial charge in [0.25, 0.3) is 0 Å². The molecular weight excluding hydrogens is 326 g/mol. The molecule has 2 aromatic heterocycles. The molecule has 5 heteroatoms. The molecule has 0 fully saturated rings. The number of anilines is 2. The van der Waals surface area contributed by atoms with Crippen molar-refractivity contribution in [3.63, 3.8) is 0 Å². The summed E-state index contributed by atoms with van der Waals surface area (Å²) in [5.74, 6) is 2.09. The van der Waals surface area contributed by atoms with E-state index in [2.05, 4.69) is 41.3 Å². The highest BCUT2D eigenvalue weighted by Crippen LogP contribution is 2.35. The number of allylic oxidation sites excluding steroid dienone is 1. The third kappa shape index (κ3) is 3.11. The zero-order valence-electron chi connectivity index (χ0n) is 14.6. The lowest BCUT2D eigenvalue weighted by Gasteiger charge is -2.07. The van der Waals surface area contributed by atoms with E-state index in [0.29, 0.717) is 23.4 Å². The predicted molar refractivity (Wildman–Crippen MR) is 104 cm³/mol. The zero-order chi connectivity index (χ0) is 18.1. The van der Waals surface area contributed by atoms with E-state index in [9.17, 15) is 5.11 Å². The van der Waals surface area contributed by atoms with Crippen molar-refractivity contribution < 1.29 is 9.52 Å². The van der Waals surface area contributed by atoms with E-state index in [1.807, 2.05) is 24.3 Å². The number of aromatic nitrogens is 1. The van der Waals surface area contributed by atoms with E-state index in [1.165, 1.54) is 5.56 Å². The number of aliphatic imine (C=N–C) groups is 1. The summed E-state index contributed by atoms with van der Waals surface area (Å²) in [6.45, 7) is 4.32. The molecule has 0 spiro atoms. The van der Waals surface area contributed by atoms with Gasteiger partial charge in [-0.05, 0) is 41.8 Å². The van der Waals surface area contributed by atoms with Gasteiger partial charge in [-0.1, -0.05) is 26.0 Å². The summed E-state index contributed by atoms with van der Waals surface area (Å²) >= 11 is 0. The van der Waals surface area contributed by atoms with Crippen LogP contribution in [-0.4, -0.2) is 16.3 Å². The monoisotopic (exact) mass is 345 g/mol. The molecule has 0 bridgehead atoms. The Kier molecular flexibility index (Phi) is 4.05. The Morgan fingerprint density at radius 1 is 1.15 bits per heavy atom. The lowest BCUT2D eigenvalue weighted by atomic mass is 10.0. The van der Waals surface area contributed by atoms with Crippen molar-refractivity contribution in [3.8, 4) is 5.75 Å². The van der Waals surface area contributed by atoms with Gasteiger partial charge in [-0.2, -0.15) is 0 Å². The van der Waals surface area contributed by atoms with Crippen LogP contribution in [0.4, 0.5) is 17.4 Å². The van der Waals surface area contributed by atoms with E-state index in [1.54, 1.807) is 24.6 Å². The molecule has 0 saturated heterocycles. The summed E-state index contributed by atoms with van der Waals surface area (Å²) in [5, 5.41) is 13.4. The van der Waals surface area contributed by atoms with Gasteiger partial charge < -0.3 is 14.8 Å². The molecule has 3 aromatic rings. The Hall–Kier alpha value is -3.34. The summed E-state index contributed by atoms with van der Waals surface area (Å²) in [7, 11) is 0. The molecule has 0 radical (unpaired) electrons. The Balaban J connectivity index is 1.57. The molecule has 1 aliphatic rings. The highest BCUT2D eigenvalue weighted by atomic mass is 16.4. The first-order valence-electron chi connectivity index (χ1n) is 8.51. The van der Waals surface area contributed by atoms with Gasteiger partial charge >= 0.3 is 0 Å². The lowest BCUT2D eigenvalue weighted by molar-refractivity contribution is 0.456. The van der Waals surface area contributed by atoms with Crippen molar-refractivity contribution in [2.75, 3.05) is 5.32 Å². The molecule has 0 amide bonds. The number of nitrogens with zero attached hydrogens (tertiary/aromatic N) is 2. The van der Waals surface area contributed by atoms with Gasteiger partial charge in [0, 0.05) is 35.3 Å². The van der Waals surface area contributed by atoms with Gasteiger partial charge in [0.15, 0.2) is 17.3 Å². The number of fused-ring (bicyclic) bond motifs is 1. The SMILES string of the molecule is CC(C)c1ccc(Nc2cc(O)c(C=C3C=Nc4ncccc43)o2)cc1. The Bertz CT molecular complexity index is 998. The maximum Gasteiger partial charge on any atom is 0.201 e. The van der Waals surface area contributed by atoms with Gasteiger partial charge in [-0.15, -0.1) is 0 Å². The second kappa shape index (κ2) is 6.52. The molecule has 2 N–H and O–H groups in total. The van der Waals surface area contributed by atoms with Gasteiger partial charge in [0.2, 0.25) is 5.88 Å². The summed E-state index contributed by atoms with van der Waals surface area (Å²) in [4.78, 5) is 8.47. The highest BCUT2D eigenvalue weighted by molar-refractivity contribution is 6.20. The van der Waals surface area contributed by atoms with Gasteiger partial charge in [0.1, 0.15) is 0 Å². The van der Waals surface area contributed by atoms with Crippen LogP contribution in [0.3, 0.4) is 0 Å². The van der Waals surface area contributed by atoms with Crippen molar-refractivity contribution in [2.24, 2.45) is 4.99 Å². The topological polar surface area (TPSA) is 70.7 Å². The number of hydrogen-bond acceptors (Lipinski definition) is 5. The van der Waals surface area contributed by atoms with Gasteiger partial charge in [-0.3, -0.25) is 0 Å². The third-order valence-corrected chi connectivity index (χ3v) is 4.30. The second-order valence-electron chi connectivity index (χ2n) is 6.49. The molecule has 4 rings (SSSR count). The zero-order valence-corrected chi connectivity index (χ0v) is 14.6. The van der Waals surface area contributed by atoms with Crippen LogP contribution in [0.25, 0.3) is 11.6 Å². The molecule has 0 aliphatic carbocycles. The fraction of sp³-hybridized carbons (Fsp3) is 0.143. The van der Waals surface area contributed by atoms with E-state index in [4.69, 9.17) is 4.42 Å². The van der Waals surface area contributed by atoms with Crippen molar-refractivity contribution >= 4 is 35.3 Å². The maximum absolute atomic E-state index is 10.2. The molecule has 0 saturated carbocycles. The van der Waals surface area contributed by atoms with Crippen molar-refractivity contribution in [1.29, 1.82) is 0 Å². The van der Waals surface area contributed by atoms with Crippen LogP contribution in [0.2, 0.25) is 0 Å². The highest BCUT2D eigenvalue weighted by Gasteiger charge is 2.15. The average molecular weight is 345 g/mol. The number of furan rings is 1. The van der Waals surface area contributed by atoms with Gasteiger partial charge in [-0.25, -0.2) is 9.98 Å². The molecule has 0 unspecified atom stereocenters. The van der Waals surface area contributed by atoms with Crippen LogP contribution in [0.5, 0.6) is 5.75 Å². The summed E-state index contributed by atoms with van der Waals surface area (Å²) in [5.41, 5.74) is 3.95. The van der Waals surface area contributed by atoms with E-state index in [0.717, 1.165) is 16.8 Å². The Morgan fingerprint density at radius 3 is 2.73 bits per heavy atom.